The summed E-state index contributed by atoms with van der Waals surface area (Å²) in [5.74, 6) is -1.28. The maximum atomic E-state index is 10.6. The Labute approximate surface area is 104 Å². The maximum Gasteiger partial charge on any atom is 1.00 e. The standard InChI is InChI=1S/C10H10O3.Na/c11-7-6-9(10(12)13)8-4-2-1-3-5-8;/h1-6,11H,7H2,(H,12,13);/q;+1/p-1/b9-6-;. The second-order valence-corrected chi connectivity index (χ2v) is 2.45. The smallest absolute Gasteiger partial charge is 0.545 e. The number of aliphatic hydroxyl groups is 1. The van der Waals surface area contributed by atoms with Crippen molar-refractivity contribution in [1.29, 1.82) is 0 Å². The first kappa shape index (κ1) is 13.4. The van der Waals surface area contributed by atoms with Gasteiger partial charge in [-0.05, 0) is 11.6 Å². The fraction of sp³-hybridized carbons (Fsp3) is 0.100. The number of aliphatic hydroxyl groups excluding tert-OH is 1. The molecule has 0 aliphatic rings. The molecule has 0 aliphatic heterocycles. The van der Waals surface area contributed by atoms with E-state index in [9.17, 15) is 9.90 Å². The van der Waals surface area contributed by atoms with Crippen molar-refractivity contribution in [3.8, 4) is 0 Å². The molecule has 0 fully saturated rings. The molecule has 0 saturated heterocycles. The molecule has 0 radical (unpaired) electrons. The summed E-state index contributed by atoms with van der Waals surface area (Å²) in [6, 6.07) is 8.54. The van der Waals surface area contributed by atoms with Crippen LogP contribution >= 0.6 is 0 Å². The van der Waals surface area contributed by atoms with Gasteiger partial charge in [-0.25, -0.2) is 0 Å². The van der Waals surface area contributed by atoms with Crippen LogP contribution in [0.2, 0.25) is 0 Å². The number of carbonyl (C=O) groups excluding carboxylic acids is 1. The second kappa shape index (κ2) is 6.79. The predicted octanol–water partition coefficient (Wildman–Crippen LogP) is -3.18. The van der Waals surface area contributed by atoms with E-state index in [1.54, 1.807) is 30.3 Å². The summed E-state index contributed by atoms with van der Waals surface area (Å²) in [6.07, 6.45) is 1.21. The van der Waals surface area contributed by atoms with Crippen LogP contribution in [-0.2, 0) is 4.79 Å². The number of carboxylic acid groups (broad SMARTS) is 1. The Kier molecular flexibility index (Phi) is 6.49. The van der Waals surface area contributed by atoms with Gasteiger partial charge in [0.25, 0.3) is 0 Å². The van der Waals surface area contributed by atoms with Crippen molar-refractivity contribution in [2.75, 3.05) is 6.61 Å². The average Bonchev–Trinajstić information content (AvgIpc) is 2.15. The zero-order valence-corrected chi connectivity index (χ0v) is 9.93. The first-order valence-electron chi connectivity index (χ1n) is 3.83. The van der Waals surface area contributed by atoms with E-state index in [-0.39, 0.29) is 41.7 Å². The van der Waals surface area contributed by atoms with Crippen LogP contribution in [0.5, 0.6) is 0 Å². The Morgan fingerprint density at radius 3 is 2.36 bits per heavy atom. The number of carbonyl (C=O) groups is 1. The van der Waals surface area contributed by atoms with Crippen LogP contribution in [0.1, 0.15) is 5.56 Å². The zero-order chi connectivity index (χ0) is 9.68. The predicted molar refractivity (Wildman–Crippen MR) is 46.5 cm³/mol. The van der Waals surface area contributed by atoms with Gasteiger partial charge in [0.05, 0.1) is 12.6 Å². The zero-order valence-electron chi connectivity index (χ0n) is 7.93. The van der Waals surface area contributed by atoms with Crippen LogP contribution in [0, 0.1) is 0 Å². The van der Waals surface area contributed by atoms with E-state index in [4.69, 9.17) is 5.11 Å². The van der Waals surface area contributed by atoms with E-state index in [1.165, 1.54) is 6.08 Å². The molecule has 0 aliphatic carbocycles. The summed E-state index contributed by atoms with van der Waals surface area (Å²) in [5, 5.41) is 19.2. The molecule has 0 unspecified atom stereocenters. The van der Waals surface area contributed by atoms with Crippen molar-refractivity contribution in [2.24, 2.45) is 0 Å². The first-order chi connectivity index (χ1) is 6.25. The average molecular weight is 200 g/mol. The number of rotatable bonds is 3. The topological polar surface area (TPSA) is 60.4 Å². The Balaban J connectivity index is 0.00000169. The minimum absolute atomic E-state index is 0. The fourth-order valence-electron chi connectivity index (χ4n) is 1.03. The summed E-state index contributed by atoms with van der Waals surface area (Å²) >= 11 is 0. The summed E-state index contributed by atoms with van der Waals surface area (Å²) in [6.45, 7) is -0.307. The Bertz CT molecular complexity index is 319. The monoisotopic (exact) mass is 200 g/mol. The molecular formula is C10H9NaO3. The molecule has 0 aromatic heterocycles. The normalized spacial score (nSPS) is 10.5. The number of aliphatic carboxylic acids is 1. The molecule has 14 heavy (non-hydrogen) atoms. The van der Waals surface area contributed by atoms with Gasteiger partial charge >= 0.3 is 29.6 Å². The Morgan fingerprint density at radius 2 is 1.93 bits per heavy atom. The molecule has 0 bridgehead atoms. The van der Waals surface area contributed by atoms with E-state index in [0.29, 0.717) is 5.56 Å². The van der Waals surface area contributed by atoms with Gasteiger partial charge in [-0.1, -0.05) is 30.3 Å². The van der Waals surface area contributed by atoms with Gasteiger partial charge in [-0.2, -0.15) is 0 Å². The molecular weight excluding hydrogens is 191 g/mol. The Morgan fingerprint density at radius 1 is 1.36 bits per heavy atom. The van der Waals surface area contributed by atoms with E-state index >= 15 is 0 Å². The van der Waals surface area contributed by atoms with Crippen LogP contribution in [0.15, 0.2) is 36.4 Å². The number of hydrogen-bond donors (Lipinski definition) is 1. The fourth-order valence-corrected chi connectivity index (χ4v) is 1.03. The molecule has 1 aromatic carbocycles. The summed E-state index contributed by atoms with van der Waals surface area (Å²) < 4.78 is 0. The van der Waals surface area contributed by atoms with Gasteiger partial charge in [-0.15, -0.1) is 0 Å². The van der Waals surface area contributed by atoms with E-state index in [1.807, 2.05) is 0 Å². The van der Waals surface area contributed by atoms with Crippen molar-refractivity contribution in [3.05, 3.63) is 42.0 Å². The summed E-state index contributed by atoms with van der Waals surface area (Å²) in [7, 11) is 0. The van der Waals surface area contributed by atoms with E-state index in [0.717, 1.165) is 0 Å². The molecule has 0 atom stereocenters. The minimum Gasteiger partial charge on any atom is -0.545 e. The van der Waals surface area contributed by atoms with Crippen molar-refractivity contribution < 1.29 is 44.6 Å². The third-order valence-electron chi connectivity index (χ3n) is 1.60. The number of hydrogen-bond acceptors (Lipinski definition) is 3. The van der Waals surface area contributed by atoms with Crippen LogP contribution in [0.3, 0.4) is 0 Å². The van der Waals surface area contributed by atoms with Crippen molar-refractivity contribution in [1.82, 2.24) is 0 Å². The SMILES string of the molecule is O=C([O-])/C(=C\CO)c1ccccc1.[Na+]. The number of benzene rings is 1. The largest absolute Gasteiger partial charge is 1.00 e. The van der Waals surface area contributed by atoms with Crippen molar-refractivity contribution >= 4 is 11.5 Å². The molecule has 0 saturated carbocycles. The molecule has 1 aromatic rings. The molecule has 3 nitrogen and oxygen atoms in total. The van der Waals surface area contributed by atoms with Crippen LogP contribution < -0.4 is 34.7 Å². The van der Waals surface area contributed by atoms with Crippen LogP contribution in [0.4, 0.5) is 0 Å². The molecule has 0 amide bonds. The summed E-state index contributed by atoms with van der Waals surface area (Å²) in [4.78, 5) is 10.6. The molecule has 0 spiro atoms. The number of carboxylic acids is 1. The third-order valence-corrected chi connectivity index (χ3v) is 1.60. The van der Waals surface area contributed by atoms with Gasteiger partial charge in [0.2, 0.25) is 0 Å². The first-order valence-corrected chi connectivity index (χ1v) is 3.83. The van der Waals surface area contributed by atoms with Gasteiger partial charge in [0.15, 0.2) is 0 Å². The van der Waals surface area contributed by atoms with Crippen molar-refractivity contribution in [3.63, 3.8) is 0 Å². The van der Waals surface area contributed by atoms with Crippen LogP contribution in [0.25, 0.3) is 5.57 Å². The maximum absolute atomic E-state index is 10.6. The third kappa shape index (κ3) is 3.64. The van der Waals surface area contributed by atoms with Gasteiger partial charge in [-0.3, -0.25) is 0 Å². The second-order valence-electron chi connectivity index (χ2n) is 2.45. The van der Waals surface area contributed by atoms with Gasteiger partial charge < -0.3 is 15.0 Å². The summed E-state index contributed by atoms with van der Waals surface area (Å²) in [5.41, 5.74) is 0.555. The molecule has 68 valence electrons. The van der Waals surface area contributed by atoms with E-state index in [2.05, 4.69) is 0 Å². The van der Waals surface area contributed by atoms with Crippen molar-refractivity contribution in [2.45, 2.75) is 0 Å². The quantitative estimate of drug-likeness (QED) is 0.413. The van der Waals surface area contributed by atoms with Gasteiger partial charge in [0.1, 0.15) is 0 Å². The molecule has 0 heterocycles. The van der Waals surface area contributed by atoms with E-state index < -0.39 is 5.97 Å². The molecule has 1 rings (SSSR count). The van der Waals surface area contributed by atoms with Crippen LogP contribution in [-0.4, -0.2) is 17.7 Å². The van der Waals surface area contributed by atoms with Gasteiger partial charge in [0, 0.05) is 5.57 Å². The molecule has 1 N–H and O–H groups in total. The molecule has 4 heteroatoms. The minimum atomic E-state index is -1.28. The Hall–Kier alpha value is -0.610.